The summed E-state index contributed by atoms with van der Waals surface area (Å²) in [6, 6.07) is 3.76. The van der Waals surface area contributed by atoms with Gasteiger partial charge in [-0.2, -0.15) is 10.4 Å². The number of nitrogens with one attached hydrogen (secondary N) is 2. The Balaban J connectivity index is 2.47. The third-order valence-electron chi connectivity index (χ3n) is 2.41. The molecule has 21 heavy (non-hydrogen) atoms. The van der Waals surface area contributed by atoms with Gasteiger partial charge in [0.2, 0.25) is 0 Å². The number of hydrogen-bond donors (Lipinski definition) is 2. The number of anilines is 1. The molecule has 11 heteroatoms. The van der Waals surface area contributed by atoms with Gasteiger partial charge >= 0.3 is 0 Å². The van der Waals surface area contributed by atoms with Crippen molar-refractivity contribution in [2.75, 3.05) is 4.72 Å². The van der Waals surface area contributed by atoms with Crippen molar-refractivity contribution in [1.29, 1.82) is 5.26 Å². The molecule has 0 atom stereocenters. The SMILES string of the molecule is N#Cc1cn[nH]c1NS(=O)(=O)c1cc([N+](=O)[O-])ccc1F. The third kappa shape index (κ3) is 2.79. The fourth-order valence-electron chi connectivity index (χ4n) is 1.45. The van der Waals surface area contributed by atoms with Crippen LogP contribution in [0.4, 0.5) is 15.9 Å². The van der Waals surface area contributed by atoms with Crippen molar-refractivity contribution in [3.05, 3.63) is 45.9 Å². The summed E-state index contributed by atoms with van der Waals surface area (Å²) >= 11 is 0. The minimum absolute atomic E-state index is 0.107. The van der Waals surface area contributed by atoms with Crippen molar-refractivity contribution >= 4 is 21.5 Å². The van der Waals surface area contributed by atoms with E-state index in [0.717, 1.165) is 12.3 Å². The van der Waals surface area contributed by atoms with Gasteiger partial charge in [0, 0.05) is 12.1 Å². The van der Waals surface area contributed by atoms with E-state index in [2.05, 4.69) is 10.2 Å². The molecule has 2 rings (SSSR count). The van der Waals surface area contributed by atoms with E-state index in [1.807, 2.05) is 4.72 Å². The number of nitriles is 1. The van der Waals surface area contributed by atoms with Crippen LogP contribution in [0, 0.1) is 27.3 Å². The number of aromatic nitrogens is 2. The number of nitro groups is 1. The molecule has 0 amide bonds. The second-order valence-electron chi connectivity index (χ2n) is 3.75. The molecular formula is C10H6FN5O4S. The van der Waals surface area contributed by atoms with E-state index in [0.29, 0.717) is 12.1 Å². The number of hydrogen-bond acceptors (Lipinski definition) is 6. The second kappa shape index (κ2) is 5.17. The summed E-state index contributed by atoms with van der Waals surface area (Å²) in [4.78, 5) is 8.86. The average molecular weight is 311 g/mol. The summed E-state index contributed by atoms with van der Waals surface area (Å²) in [6.07, 6.45) is 1.07. The zero-order valence-electron chi connectivity index (χ0n) is 10.1. The zero-order valence-corrected chi connectivity index (χ0v) is 10.9. The van der Waals surface area contributed by atoms with E-state index in [1.54, 1.807) is 6.07 Å². The van der Waals surface area contributed by atoms with Crippen molar-refractivity contribution in [2.45, 2.75) is 4.90 Å². The first-order valence-electron chi connectivity index (χ1n) is 5.25. The largest absolute Gasteiger partial charge is 0.271 e. The Bertz CT molecular complexity index is 855. The molecule has 0 aliphatic carbocycles. The van der Waals surface area contributed by atoms with Crippen molar-refractivity contribution in [3.8, 4) is 6.07 Å². The topological polar surface area (TPSA) is 142 Å². The maximum absolute atomic E-state index is 13.6. The molecule has 1 aromatic heterocycles. The monoisotopic (exact) mass is 311 g/mol. The Morgan fingerprint density at radius 1 is 1.48 bits per heavy atom. The van der Waals surface area contributed by atoms with Crippen LogP contribution in [0.2, 0.25) is 0 Å². The molecule has 0 fully saturated rings. The van der Waals surface area contributed by atoms with Crippen LogP contribution in [-0.4, -0.2) is 23.5 Å². The van der Waals surface area contributed by atoms with Crippen LogP contribution in [0.3, 0.4) is 0 Å². The van der Waals surface area contributed by atoms with Gasteiger partial charge in [-0.15, -0.1) is 0 Å². The number of rotatable bonds is 4. The number of sulfonamides is 1. The molecule has 0 saturated heterocycles. The maximum atomic E-state index is 13.6. The highest BCUT2D eigenvalue weighted by atomic mass is 32.2. The molecule has 0 radical (unpaired) electrons. The highest BCUT2D eigenvalue weighted by Gasteiger charge is 2.24. The lowest BCUT2D eigenvalue weighted by molar-refractivity contribution is -0.385. The molecule has 9 nitrogen and oxygen atoms in total. The first-order chi connectivity index (χ1) is 9.85. The smallest absolute Gasteiger partial charge is 0.263 e. The van der Waals surface area contributed by atoms with Crippen LogP contribution in [0.5, 0.6) is 0 Å². The molecule has 2 aromatic rings. The number of H-pyrrole nitrogens is 1. The van der Waals surface area contributed by atoms with Crippen molar-refractivity contribution in [1.82, 2.24) is 10.2 Å². The zero-order chi connectivity index (χ0) is 15.6. The van der Waals surface area contributed by atoms with Crippen LogP contribution in [0.25, 0.3) is 0 Å². The minimum Gasteiger partial charge on any atom is -0.263 e. The lowest BCUT2D eigenvalue weighted by Gasteiger charge is -2.07. The second-order valence-corrected chi connectivity index (χ2v) is 5.40. The van der Waals surface area contributed by atoms with Crippen LogP contribution in [-0.2, 0) is 10.0 Å². The van der Waals surface area contributed by atoms with Gasteiger partial charge in [-0.1, -0.05) is 0 Å². The van der Waals surface area contributed by atoms with Gasteiger partial charge in [-0.3, -0.25) is 19.9 Å². The fraction of sp³-hybridized carbons (Fsp3) is 0. The van der Waals surface area contributed by atoms with E-state index in [4.69, 9.17) is 5.26 Å². The summed E-state index contributed by atoms with van der Waals surface area (Å²) < 4.78 is 39.6. The highest BCUT2D eigenvalue weighted by molar-refractivity contribution is 7.92. The number of non-ortho nitro benzene ring substituents is 1. The average Bonchev–Trinajstić information content (AvgIpc) is 2.85. The first kappa shape index (κ1) is 14.4. The van der Waals surface area contributed by atoms with Gasteiger partial charge in [0.05, 0.1) is 11.1 Å². The Labute approximate surface area is 117 Å². The Hall–Kier alpha value is -3.00. The first-order valence-corrected chi connectivity index (χ1v) is 6.73. The van der Waals surface area contributed by atoms with Gasteiger partial charge < -0.3 is 0 Å². The lowest BCUT2D eigenvalue weighted by atomic mass is 10.3. The van der Waals surface area contributed by atoms with Crippen LogP contribution >= 0.6 is 0 Å². The number of aromatic amines is 1. The number of nitro benzene ring substituents is 1. The Morgan fingerprint density at radius 2 is 2.19 bits per heavy atom. The van der Waals surface area contributed by atoms with Crippen LogP contribution in [0.15, 0.2) is 29.3 Å². The molecule has 0 aliphatic rings. The number of halogens is 1. The van der Waals surface area contributed by atoms with Crippen LogP contribution in [0.1, 0.15) is 5.56 Å². The van der Waals surface area contributed by atoms with E-state index in [-0.39, 0.29) is 11.4 Å². The molecule has 0 spiro atoms. The molecule has 0 saturated carbocycles. The quantitative estimate of drug-likeness (QED) is 0.640. The lowest BCUT2D eigenvalue weighted by Crippen LogP contribution is -2.16. The maximum Gasteiger partial charge on any atom is 0.271 e. The summed E-state index contributed by atoms with van der Waals surface area (Å²) in [5.74, 6) is -1.42. The Kier molecular flexibility index (Phi) is 3.55. The van der Waals surface area contributed by atoms with E-state index >= 15 is 0 Å². The standard InChI is InChI=1S/C10H6FN5O4S/c11-8-2-1-7(16(17)18)3-9(8)21(19,20)15-10-6(4-12)5-13-14-10/h1-3,5H,(H2,13,14,15). The molecule has 0 bridgehead atoms. The predicted octanol–water partition coefficient (Wildman–Crippen LogP) is 1.13. The normalized spacial score (nSPS) is 10.9. The van der Waals surface area contributed by atoms with Gasteiger partial charge in [0.25, 0.3) is 15.7 Å². The highest BCUT2D eigenvalue weighted by Crippen LogP contribution is 2.23. The van der Waals surface area contributed by atoms with Crippen molar-refractivity contribution in [2.24, 2.45) is 0 Å². The minimum atomic E-state index is -4.45. The predicted molar refractivity (Wildman–Crippen MR) is 67.2 cm³/mol. The molecule has 1 heterocycles. The number of benzene rings is 1. The van der Waals surface area contributed by atoms with E-state index in [9.17, 15) is 22.9 Å². The van der Waals surface area contributed by atoms with Gasteiger partial charge in [0.15, 0.2) is 5.82 Å². The van der Waals surface area contributed by atoms with E-state index < -0.39 is 31.3 Å². The third-order valence-corrected chi connectivity index (χ3v) is 3.78. The van der Waals surface area contributed by atoms with Gasteiger partial charge in [-0.25, -0.2) is 12.8 Å². The van der Waals surface area contributed by atoms with Gasteiger partial charge in [-0.05, 0) is 6.07 Å². The molecule has 0 aliphatic heterocycles. The summed E-state index contributed by atoms with van der Waals surface area (Å²) in [5, 5.41) is 25.0. The summed E-state index contributed by atoms with van der Waals surface area (Å²) in [5.41, 5.74) is -0.689. The molecule has 1 aromatic carbocycles. The van der Waals surface area contributed by atoms with Crippen molar-refractivity contribution in [3.63, 3.8) is 0 Å². The molecular weight excluding hydrogens is 305 g/mol. The molecule has 2 N–H and O–H groups in total. The molecule has 0 unspecified atom stereocenters. The number of nitrogens with zero attached hydrogens (tertiary/aromatic N) is 3. The van der Waals surface area contributed by atoms with Crippen LogP contribution < -0.4 is 4.72 Å². The van der Waals surface area contributed by atoms with E-state index in [1.165, 1.54) is 0 Å². The molecule has 108 valence electrons. The Morgan fingerprint density at radius 3 is 2.81 bits per heavy atom. The van der Waals surface area contributed by atoms with Crippen molar-refractivity contribution < 1.29 is 17.7 Å². The summed E-state index contributed by atoms with van der Waals surface area (Å²) in [7, 11) is -4.45. The fourth-order valence-corrected chi connectivity index (χ4v) is 2.58. The summed E-state index contributed by atoms with van der Waals surface area (Å²) in [6.45, 7) is 0. The van der Waals surface area contributed by atoms with Gasteiger partial charge in [0.1, 0.15) is 22.3 Å².